The van der Waals surface area contributed by atoms with Crippen molar-refractivity contribution in [3.05, 3.63) is 68.2 Å². The first-order valence-electron chi connectivity index (χ1n) is 9.27. The molecule has 7 heteroatoms. The smallest absolute Gasteiger partial charge is 0.330 e. The van der Waals surface area contributed by atoms with Crippen LogP contribution in [0.2, 0.25) is 0 Å². The number of carbonyl (C=O) groups excluding carboxylic acids is 1. The van der Waals surface area contributed by atoms with E-state index < -0.39 is 5.97 Å². The summed E-state index contributed by atoms with van der Waals surface area (Å²) in [6, 6.07) is 3.84. The van der Waals surface area contributed by atoms with Crippen LogP contribution in [0.1, 0.15) is 48.5 Å². The summed E-state index contributed by atoms with van der Waals surface area (Å²) in [6.07, 6.45) is 7.57. The van der Waals surface area contributed by atoms with Gasteiger partial charge in [0.05, 0.1) is 22.9 Å². The van der Waals surface area contributed by atoms with Gasteiger partial charge in [-0.15, -0.1) is 11.3 Å². The highest BCUT2D eigenvalue weighted by Crippen LogP contribution is 2.19. The van der Waals surface area contributed by atoms with Crippen molar-refractivity contribution in [1.29, 1.82) is 0 Å². The van der Waals surface area contributed by atoms with Crippen molar-refractivity contribution in [2.24, 2.45) is 0 Å². The van der Waals surface area contributed by atoms with E-state index in [4.69, 9.17) is 4.74 Å². The largest absolute Gasteiger partial charge is 0.463 e. The Morgan fingerprint density at radius 3 is 2.89 bits per heavy atom. The molecule has 0 saturated carbocycles. The molecular weight excluding hydrogens is 374 g/mol. The van der Waals surface area contributed by atoms with Crippen molar-refractivity contribution in [2.75, 3.05) is 6.61 Å². The van der Waals surface area contributed by atoms with Crippen molar-refractivity contribution in [3.63, 3.8) is 0 Å². The first kappa shape index (κ1) is 19.9. The van der Waals surface area contributed by atoms with Crippen LogP contribution in [0.4, 0.5) is 0 Å². The van der Waals surface area contributed by atoms with Crippen molar-refractivity contribution >= 4 is 29.0 Å². The zero-order chi connectivity index (χ0) is 20.1. The maximum absolute atomic E-state index is 12.6. The number of fused-ring (bicyclic) bond motifs is 1. The molecule has 0 spiro atoms. The quantitative estimate of drug-likeness (QED) is 0.450. The fraction of sp³-hybridized carbons (Fsp3) is 0.333. The van der Waals surface area contributed by atoms with Crippen LogP contribution in [0.15, 0.2) is 40.8 Å². The number of hydrogen-bond donors (Lipinski definition) is 0. The average molecular weight is 398 g/mol. The Labute approximate surface area is 167 Å². The van der Waals surface area contributed by atoms with Gasteiger partial charge in [0.2, 0.25) is 0 Å². The molecule has 3 rings (SSSR count). The monoisotopic (exact) mass is 397 g/mol. The highest BCUT2D eigenvalue weighted by atomic mass is 32.1. The normalized spacial score (nSPS) is 11.6. The lowest BCUT2D eigenvalue weighted by molar-refractivity contribution is -0.137. The van der Waals surface area contributed by atoms with Crippen LogP contribution in [0.3, 0.4) is 0 Å². The number of ether oxygens (including phenoxy) is 1. The number of esters is 1. The van der Waals surface area contributed by atoms with E-state index in [-0.39, 0.29) is 5.56 Å². The van der Waals surface area contributed by atoms with E-state index >= 15 is 0 Å². The van der Waals surface area contributed by atoms with Crippen LogP contribution < -0.4 is 5.56 Å². The molecule has 0 amide bonds. The predicted molar refractivity (Wildman–Crippen MR) is 111 cm³/mol. The second-order valence-electron chi connectivity index (χ2n) is 6.69. The standard InChI is InChI=1S/C21H23N3O3S/c1-4-27-20(25)8-6-16-12-22-18-11-15(9-10-24(18)21(16)26)5-7-19-23-17(13-28-19)14(2)3/h6,8-14H,4-5,7H2,1-3H3. The minimum Gasteiger partial charge on any atom is -0.463 e. The topological polar surface area (TPSA) is 73.6 Å². The Morgan fingerprint density at radius 2 is 2.18 bits per heavy atom. The number of pyridine rings is 1. The molecule has 6 nitrogen and oxygen atoms in total. The van der Waals surface area contributed by atoms with E-state index in [1.807, 2.05) is 12.1 Å². The van der Waals surface area contributed by atoms with Gasteiger partial charge in [0.1, 0.15) is 5.65 Å². The molecule has 0 aromatic carbocycles. The zero-order valence-corrected chi connectivity index (χ0v) is 17.0. The van der Waals surface area contributed by atoms with Crippen LogP contribution in [0, 0.1) is 0 Å². The van der Waals surface area contributed by atoms with E-state index in [0.29, 0.717) is 23.7 Å². The summed E-state index contributed by atoms with van der Waals surface area (Å²) in [7, 11) is 0. The first-order chi connectivity index (χ1) is 13.5. The lowest BCUT2D eigenvalue weighted by Crippen LogP contribution is -2.17. The molecule has 3 aromatic rings. The molecule has 0 atom stereocenters. The van der Waals surface area contributed by atoms with Gasteiger partial charge in [0.25, 0.3) is 5.56 Å². The number of thiazole rings is 1. The Balaban J connectivity index is 1.75. The van der Waals surface area contributed by atoms with E-state index in [1.54, 1.807) is 24.5 Å². The van der Waals surface area contributed by atoms with Crippen molar-refractivity contribution in [2.45, 2.75) is 39.5 Å². The molecule has 0 aliphatic rings. The molecule has 0 bridgehead atoms. The molecular formula is C21H23N3O3S. The van der Waals surface area contributed by atoms with Crippen molar-refractivity contribution in [1.82, 2.24) is 14.4 Å². The molecule has 3 aromatic heterocycles. The molecule has 0 saturated heterocycles. The Hall–Kier alpha value is -2.80. The van der Waals surface area contributed by atoms with Gasteiger partial charge >= 0.3 is 5.97 Å². The van der Waals surface area contributed by atoms with E-state index in [2.05, 4.69) is 29.2 Å². The Bertz CT molecular complexity index is 1070. The maximum Gasteiger partial charge on any atom is 0.330 e. The Morgan fingerprint density at radius 1 is 1.36 bits per heavy atom. The lowest BCUT2D eigenvalue weighted by atomic mass is 10.1. The third-order valence-corrected chi connectivity index (χ3v) is 5.20. The van der Waals surface area contributed by atoms with E-state index in [1.165, 1.54) is 22.7 Å². The number of rotatable bonds is 7. The molecule has 0 unspecified atom stereocenters. The summed E-state index contributed by atoms with van der Waals surface area (Å²) >= 11 is 1.69. The van der Waals surface area contributed by atoms with Gasteiger partial charge in [-0.25, -0.2) is 14.8 Å². The number of hydrogen-bond acceptors (Lipinski definition) is 6. The predicted octanol–water partition coefficient (Wildman–Crippen LogP) is 3.64. The fourth-order valence-electron chi connectivity index (χ4n) is 2.71. The van der Waals surface area contributed by atoms with Crippen molar-refractivity contribution in [3.8, 4) is 0 Å². The summed E-state index contributed by atoms with van der Waals surface area (Å²) in [6.45, 7) is 6.30. The van der Waals surface area contributed by atoms with E-state index in [9.17, 15) is 9.59 Å². The van der Waals surface area contributed by atoms with Crippen LogP contribution >= 0.6 is 11.3 Å². The molecule has 28 heavy (non-hydrogen) atoms. The molecule has 0 radical (unpaired) electrons. The fourth-order valence-corrected chi connectivity index (χ4v) is 3.67. The molecule has 0 aliphatic carbocycles. The van der Waals surface area contributed by atoms with Crippen LogP contribution in [0.5, 0.6) is 0 Å². The van der Waals surface area contributed by atoms with Gasteiger partial charge < -0.3 is 4.74 Å². The van der Waals surface area contributed by atoms with Crippen LogP contribution in [0.25, 0.3) is 11.7 Å². The third kappa shape index (κ3) is 4.72. The van der Waals surface area contributed by atoms with Crippen LogP contribution in [-0.2, 0) is 22.4 Å². The lowest BCUT2D eigenvalue weighted by Gasteiger charge is -2.05. The number of aryl methyl sites for hydroxylation is 2. The highest BCUT2D eigenvalue weighted by Gasteiger charge is 2.08. The molecule has 0 fully saturated rings. The summed E-state index contributed by atoms with van der Waals surface area (Å²) in [5.41, 5.74) is 2.93. The van der Waals surface area contributed by atoms with Gasteiger partial charge in [-0.1, -0.05) is 13.8 Å². The van der Waals surface area contributed by atoms with Crippen LogP contribution in [-0.4, -0.2) is 26.9 Å². The summed E-state index contributed by atoms with van der Waals surface area (Å²) in [5, 5.41) is 3.24. The summed E-state index contributed by atoms with van der Waals surface area (Å²) in [5.74, 6) is -0.0426. The number of nitrogens with zero attached hydrogens (tertiary/aromatic N) is 3. The molecule has 146 valence electrons. The SMILES string of the molecule is CCOC(=O)C=Cc1cnc2cc(CCc3nc(C(C)C)cs3)ccn2c1=O. The average Bonchev–Trinajstić information content (AvgIpc) is 3.15. The first-order valence-corrected chi connectivity index (χ1v) is 10.1. The van der Waals surface area contributed by atoms with Gasteiger partial charge in [0, 0.05) is 30.3 Å². The zero-order valence-electron chi connectivity index (χ0n) is 16.2. The Kier molecular flexibility index (Phi) is 6.36. The number of carbonyl (C=O) groups is 1. The van der Waals surface area contributed by atoms with Gasteiger partial charge in [0.15, 0.2) is 0 Å². The van der Waals surface area contributed by atoms with Gasteiger partial charge in [-0.05, 0) is 43.0 Å². The summed E-state index contributed by atoms with van der Waals surface area (Å²) < 4.78 is 6.31. The minimum atomic E-state index is -0.481. The maximum atomic E-state index is 12.6. The summed E-state index contributed by atoms with van der Waals surface area (Å²) in [4.78, 5) is 33.0. The molecule has 0 N–H and O–H groups in total. The highest BCUT2D eigenvalue weighted by molar-refractivity contribution is 7.09. The second-order valence-corrected chi connectivity index (χ2v) is 7.63. The minimum absolute atomic E-state index is 0.224. The van der Waals surface area contributed by atoms with Gasteiger partial charge in [-0.2, -0.15) is 0 Å². The molecule has 0 aliphatic heterocycles. The second kappa shape index (κ2) is 8.93. The third-order valence-electron chi connectivity index (χ3n) is 4.27. The van der Waals surface area contributed by atoms with E-state index in [0.717, 1.165) is 29.1 Å². The molecule has 3 heterocycles. The number of aromatic nitrogens is 3. The van der Waals surface area contributed by atoms with Crippen molar-refractivity contribution < 1.29 is 9.53 Å². The van der Waals surface area contributed by atoms with Gasteiger partial charge in [-0.3, -0.25) is 9.20 Å².